The molecule has 1 aliphatic rings. The standard InChI is InChI=1S/C14H28N2O2/c1-10(2)8-16-12(17)9-15-11-7-13(3,4)18-14(11,5)6/h10-11,15H,7-9H2,1-6H3,(H,16,17). The monoisotopic (exact) mass is 256 g/mol. The number of amides is 1. The van der Waals surface area contributed by atoms with Gasteiger partial charge in [-0.3, -0.25) is 4.79 Å². The number of nitrogens with one attached hydrogen (secondary N) is 2. The summed E-state index contributed by atoms with van der Waals surface area (Å²) in [5, 5.41) is 6.23. The van der Waals surface area contributed by atoms with Crippen molar-refractivity contribution in [2.75, 3.05) is 13.1 Å². The lowest BCUT2D eigenvalue weighted by molar-refractivity contribution is -0.120. The van der Waals surface area contributed by atoms with Gasteiger partial charge in [-0.05, 0) is 40.0 Å². The highest BCUT2D eigenvalue weighted by atomic mass is 16.5. The van der Waals surface area contributed by atoms with Crippen molar-refractivity contribution in [3.05, 3.63) is 0 Å². The predicted octanol–water partition coefficient (Wildman–Crippen LogP) is 1.69. The summed E-state index contributed by atoms with van der Waals surface area (Å²) in [5.41, 5.74) is -0.336. The van der Waals surface area contributed by atoms with Gasteiger partial charge >= 0.3 is 0 Å². The molecule has 0 aromatic carbocycles. The second-order valence-corrected chi connectivity index (χ2v) is 6.80. The second kappa shape index (κ2) is 5.57. The first-order chi connectivity index (χ1) is 8.12. The maximum Gasteiger partial charge on any atom is 0.233 e. The van der Waals surface area contributed by atoms with Crippen molar-refractivity contribution < 1.29 is 9.53 Å². The van der Waals surface area contributed by atoms with Gasteiger partial charge in [-0.25, -0.2) is 0 Å². The Morgan fingerprint density at radius 2 is 1.94 bits per heavy atom. The molecule has 1 unspecified atom stereocenters. The Kier molecular flexibility index (Phi) is 4.78. The second-order valence-electron chi connectivity index (χ2n) is 6.80. The van der Waals surface area contributed by atoms with Crippen LogP contribution >= 0.6 is 0 Å². The Morgan fingerprint density at radius 1 is 1.33 bits per heavy atom. The van der Waals surface area contributed by atoms with Crippen LogP contribution in [0.5, 0.6) is 0 Å². The third kappa shape index (κ3) is 4.58. The molecule has 1 fully saturated rings. The average Bonchev–Trinajstić information content (AvgIpc) is 2.40. The van der Waals surface area contributed by atoms with Gasteiger partial charge in [0.25, 0.3) is 0 Å². The summed E-state index contributed by atoms with van der Waals surface area (Å²) >= 11 is 0. The van der Waals surface area contributed by atoms with E-state index in [1.165, 1.54) is 0 Å². The summed E-state index contributed by atoms with van der Waals surface area (Å²) in [6, 6.07) is 0.220. The van der Waals surface area contributed by atoms with Gasteiger partial charge in [0.1, 0.15) is 0 Å². The van der Waals surface area contributed by atoms with Crippen LogP contribution in [0.2, 0.25) is 0 Å². The van der Waals surface area contributed by atoms with E-state index in [1.807, 2.05) is 0 Å². The summed E-state index contributed by atoms with van der Waals surface area (Å²) in [5.74, 6) is 0.545. The normalized spacial score (nSPS) is 25.4. The molecule has 1 saturated heterocycles. The van der Waals surface area contributed by atoms with Crippen LogP contribution in [0.25, 0.3) is 0 Å². The van der Waals surface area contributed by atoms with Crippen molar-refractivity contribution in [2.24, 2.45) is 5.92 Å². The minimum absolute atomic E-state index is 0.0595. The number of carbonyl (C=O) groups is 1. The summed E-state index contributed by atoms with van der Waals surface area (Å²) in [7, 11) is 0. The van der Waals surface area contributed by atoms with E-state index in [2.05, 4.69) is 52.2 Å². The smallest absolute Gasteiger partial charge is 0.233 e. The summed E-state index contributed by atoms with van der Waals surface area (Å²) < 4.78 is 5.99. The Bertz CT molecular complexity index is 298. The van der Waals surface area contributed by atoms with E-state index < -0.39 is 0 Å². The van der Waals surface area contributed by atoms with Crippen molar-refractivity contribution in [3.8, 4) is 0 Å². The number of ether oxygens (including phenoxy) is 1. The van der Waals surface area contributed by atoms with Crippen molar-refractivity contribution in [1.82, 2.24) is 10.6 Å². The van der Waals surface area contributed by atoms with Crippen LogP contribution in [0.4, 0.5) is 0 Å². The molecule has 1 atom stereocenters. The van der Waals surface area contributed by atoms with Gasteiger partial charge in [-0.15, -0.1) is 0 Å². The molecule has 0 saturated carbocycles. The van der Waals surface area contributed by atoms with Gasteiger partial charge in [0, 0.05) is 12.6 Å². The van der Waals surface area contributed by atoms with Crippen LogP contribution in [0.3, 0.4) is 0 Å². The van der Waals surface area contributed by atoms with Gasteiger partial charge < -0.3 is 15.4 Å². The number of rotatable bonds is 5. The van der Waals surface area contributed by atoms with Crippen molar-refractivity contribution in [1.29, 1.82) is 0 Å². The van der Waals surface area contributed by atoms with E-state index in [-0.39, 0.29) is 23.2 Å². The van der Waals surface area contributed by atoms with Gasteiger partial charge in [0.15, 0.2) is 0 Å². The number of hydrogen-bond donors (Lipinski definition) is 2. The van der Waals surface area contributed by atoms with Crippen molar-refractivity contribution in [3.63, 3.8) is 0 Å². The molecular weight excluding hydrogens is 228 g/mol. The zero-order chi connectivity index (χ0) is 14.0. The maximum atomic E-state index is 11.7. The van der Waals surface area contributed by atoms with Crippen LogP contribution in [0.1, 0.15) is 48.0 Å². The molecule has 106 valence electrons. The van der Waals surface area contributed by atoms with E-state index in [4.69, 9.17) is 4.74 Å². The van der Waals surface area contributed by atoms with Crippen LogP contribution in [-0.4, -0.2) is 36.2 Å². The Hall–Kier alpha value is -0.610. The first kappa shape index (κ1) is 15.4. The van der Waals surface area contributed by atoms with E-state index >= 15 is 0 Å². The lowest BCUT2D eigenvalue weighted by Crippen LogP contribution is -2.47. The first-order valence-electron chi connectivity index (χ1n) is 6.83. The van der Waals surface area contributed by atoms with Crippen molar-refractivity contribution >= 4 is 5.91 Å². The molecule has 0 aliphatic carbocycles. The van der Waals surface area contributed by atoms with Gasteiger partial charge in [0.05, 0.1) is 17.7 Å². The molecule has 0 radical (unpaired) electrons. The molecule has 0 bridgehead atoms. The molecule has 0 aromatic heterocycles. The number of hydrogen-bond acceptors (Lipinski definition) is 3. The molecule has 0 aromatic rings. The fourth-order valence-corrected chi connectivity index (χ4v) is 2.48. The average molecular weight is 256 g/mol. The molecule has 1 aliphatic heterocycles. The van der Waals surface area contributed by atoms with Gasteiger partial charge in [-0.2, -0.15) is 0 Å². The highest BCUT2D eigenvalue weighted by molar-refractivity contribution is 5.78. The third-order valence-corrected chi connectivity index (χ3v) is 3.29. The molecule has 1 heterocycles. The van der Waals surface area contributed by atoms with Crippen LogP contribution in [0.15, 0.2) is 0 Å². The highest BCUT2D eigenvalue weighted by Crippen LogP contribution is 2.36. The minimum atomic E-state index is -0.220. The Labute approximate surface area is 111 Å². The van der Waals surface area contributed by atoms with E-state index in [1.54, 1.807) is 0 Å². The quantitative estimate of drug-likeness (QED) is 0.787. The Morgan fingerprint density at radius 3 is 2.39 bits per heavy atom. The number of carbonyl (C=O) groups excluding carboxylic acids is 1. The van der Waals surface area contributed by atoms with E-state index in [0.29, 0.717) is 12.5 Å². The topological polar surface area (TPSA) is 50.4 Å². The molecule has 2 N–H and O–H groups in total. The maximum absolute atomic E-state index is 11.7. The molecular formula is C14H28N2O2. The zero-order valence-electron chi connectivity index (χ0n) is 12.6. The fraction of sp³-hybridized carbons (Fsp3) is 0.929. The van der Waals surface area contributed by atoms with Crippen LogP contribution < -0.4 is 10.6 Å². The lowest BCUT2D eigenvalue weighted by Gasteiger charge is -2.27. The highest BCUT2D eigenvalue weighted by Gasteiger charge is 2.45. The van der Waals surface area contributed by atoms with Gasteiger partial charge in [0.2, 0.25) is 5.91 Å². The van der Waals surface area contributed by atoms with Crippen LogP contribution in [0, 0.1) is 5.92 Å². The van der Waals surface area contributed by atoms with E-state index in [0.717, 1.165) is 13.0 Å². The minimum Gasteiger partial charge on any atom is -0.368 e. The van der Waals surface area contributed by atoms with E-state index in [9.17, 15) is 4.79 Å². The third-order valence-electron chi connectivity index (χ3n) is 3.29. The van der Waals surface area contributed by atoms with Crippen LogP contribution in [-0.2, 0) is 9.53 Å². The first-order valence-corrected chi connectivity index (χ1v) is 6.83. The molecule has 1 rings (SSSR count). The summed E-state index contributed by atoms with van der Waals surface area (Å²) in [6.07, 6.45) is 0.928. The Balaban J connectivity index is 2.37. The zero-order valence-corrected chi connectivity index (χ0v) is 12.6. The largest absolute Gasteiger partial charge is 0.368 e. The summed E-state index contributed by atoms with van der Waals surface area (Å²) in [4.78, 5) is 11.7. The summed E-state index contributed by atoms with van der Waals surface area (Å²) in [6.45, 7) is 13.6. The molecule has 4 heteroatoms. The van der Waals surface area contributed by atoms with Gasteiger partial charge in [-0.1, -0.05) is 13.8 Å². The molecule has 4 nitrogen and oxygen atoms in total. The molecule has 0 spiro atoms. The SMILES string of the molecule is CC(C)CNC(=O)CNC1CC(C)(C)OC1(C)C. The van der Waals surface area contributed by atoms with Crippen molar-refractivity contribution in [2.45, 2.75) is 65.2 Å². The molecule has 18 heavy (non-hydrogen) atoms. The fourth-order valence-electron chi connectivity index (χ4n) is 2.48. The predicted molar refractivity (Wildman–Crippen MR) is 73.5 cm³/mol. The lowest BCUT2D eigenvalue weighted by atomic mass is 9.94. The molecule has 1 amide bonds.